The summed E-state index contributed by atoms with van der Waals surface area (Å²) in [5.74, 6) is 1.10. The maximum Gasteiger partial charge on any atom is 0.125 e. The molecule has 0 N–H and O–H groups in total. The lowest BCUT2D eigenvalue weighted by molar-refractivity contribution is 0.433. The third-order valence-corrected chi connectivity index (χ3v) is 3.67. The van der Waals surface area contributed by atoms with Crippen molar-refractivity contribution in [2.45, 2.75) is 27.2 Å². The van der Waals surface area contributed by atoms with Crippen molar-refractivity contribution in [3.8, 4) is 0 Å². The van der Waals surface area contributed by atoms with Gasteiger partial charge in [-0.25, -0.2) is 3.21 Å². The fourth-order valence-corrected chi connectivity index (χ4v) is 2.71. The molecule has 1 rings (SSSR count). The molecule has 0 aliphatic heterocycles. The highest BCUT2D eigenvalue weighted by Crippen LogP contribution is 2.26. The van der Waals surface area contributed by atoms with E-state index in [1.165, 1.54) is 5.69 Å². The molecule has 0 radical (unpaired) electrons. The monoisotopic (exact) mass is 442 g/mol. The third-order valence-electron chi connectivity index (χ3n) is 2.00. The van der Waals surface area contributed by atoms with Crippen molar-refractivity contribution in [3.63, 3.8) is 0 Å². The molecule has 4 heteroatoms. The molecule has 0 amide bonds. The van der Waals surface area contributed by atoms with E-state index >= 15 is 0 Å². The van der Waals surface area contributed by atoms with Crippen molar-refractivity contribution in [1.29, 1.82) is 0 Å². The van der Waals surface area contributed by atoms with Crippen molar-refractivity contribution in [2.75, 3.05) is 3.11 Å². The Kier molecular flexibility index (Phi) is 5.49. The predicted octanol–water partition coefficient (Wildman–Crippen LogP) is 5.03. The standard InChI is InChI=1S/C12H16I2N2/c1-12(2,3)9-11(15-13)16(14)10-7-5-4-6-8-10/h4-8H,9H2,1-3H3. The summed E-state index contributed by atoms with van der Waals surface area (Å²) < 4.78 is 6.48. The zero-order valence-corrected chi connectivity index (χ0v) is 14.1. The second kappa shape index (κ2) is 6.18. The molecule has 0 saturated heterocycles. The van der Waals surface area contributed by atoms with Gasteiger partial charge in [-0.15, -0.1) is 0 Å². The molecule has 0 spiro atoms. The lowest BCUT2D eigenvalue weighted by atomic mass is 9.92. The first-order valence-electron chi connectivity index (χ1n) is 5.13. The summed E-state index contributed by atoms with van der Waals surface area (Å²) in [5, 5.41) is 0. The molecular weight excluding hydrogens is 426 g/mol. The van der Waals surface area contributed by atoms with Crippen molar-refractivity contribution >= 4 is 57.3 Å². The highest BCUT2D eigenvalue weighted by atomic mass is 127. The minimum absolute atomic E-state index is 0.252. The number of hydrogen-bond acceptors (Lipinski definition) is 1. The Morgan fingerprint density at radius 1 is 1.25 bits per heavy atom. The van der Waals surface area contributed by atoms with Gasteiger partial charge in [-0.1, -0.05) is 39.0 Å². The summed E-state index contributed by atoms with van der Waals surface area (Å²) in [4.78, 5) is 0. The largest absolute Gasteiger partial charge is 0.270 e. The fourth-order valence-electron chi connectivity index (χ4n) is 1.31. The first-order valence-corrected chi connectivity index (χ1v) is 7.06. The molecular formula is C12H16I2N2. The van der Waals surface area contributed by atoms with Gasteiger partial charge in [0.15, 0.2) is 0 Å². The molecule has 88 valence electrons. The number of rotatable bonds is 2. The molecule has 2 nitrogen and oxygen atoms in total. The van der Waals surface area contributed by atoms with Gasteiger partial charge in [0.2, 0.25) is 0 Å². The number of amidine groups is 1. The Morgan fingerprint density at radius 2 is 1.81 bits per heavy atom. The lowest BCUT2D eigenvalue weighted by Crippen LogP contribution is -2.24. The van der Waals surface area contributed by atoms with Gasteiger partial charge < -0.3 is 0 Å². The van der Waals surface area contributed by atoms with Crippen molar-refractivity contribution in [2.24, 2.45) is 8.62 Å². The van der Waals surface area contributed by atoms with Gasteiger partial charge >= 0.3 is 0 Å². The van der Waals surface area contributed by atoms with Crippen LogP contribution >= 0.6 is 45.7 Å². The van der Waals surface area contributed by atoms with Gasteiger partial charge in [0, 0.05) is 6.42 Å². The maximum atomic E-state index is 4.35. The molecule has 1 aromatic rings. The molecule has 0 saturated carbocycles. The highest BCUT2D eigenvalue weighted by Gasteiger charge is 2.18. The van der Waals surface area contributed by atoms with E-state index in [0.717, 1.165) is 12.3 Å². The molecule has 0 aliphatic carbocycles. The highest BCUT2D eigenvalue weighted by molar-refractivity contribution is 14.1. The number of nitrogens with zero attached hydrogens (tertiary/aromatic N) is 2. The molecule has 0 fully saturated rings. The zero-order valence-electron chi connectivity index (χ0n) is 9.74. The van der Waals surface area contributed by atoms with E-state index in [1.54, 1.807) is 0 Å². The van der Waals surface area contributed by atoms with Crippen LogP contribution in [0.15, 0.2) is 33.5 Å². The molecule has 0 bridgehead atoms. The number of anilines is 1. The van der Waals surface area contributed by atoms with Crippen LogP contribution in [0.25, 0.3) is 0 Å². The minimum Gasteiger partial charge on any atom is -0.270 e. The van der Waals surface area contributed by atoms with Crippen molar-refractivity contribution < 1.29 is 0 Å². The molecule has 1 aromatic carbocycles. The van der Waals surface area contributed by atoms with Crippen LogP contribution < -0.4 is 3.11 Å². The third kappa shape index (κ3) is 4.57. The van der Waals surface area contributed by atoms with Gasteiger partial charge in [-0.05, 0) is 17.5 Å². The van der Waals surface area contributed by atoms with E-state index in [0.29, 0.717) is 0 Å². The van der Waals surface area contributed by atoms with E-state index in [1.807, 2.05) is 18.2 Å². The predicted molar refractivity (Wildman–Crippen MR) is 88.5 cm³/mol. The summed E-state index contributed by atoms with van der Waals surface area (Å²) in [6.07, 6.45) is 0.966. The van der Waals surface area contributed by atoms with Gasteiger partial charge in [-0.3, -0.25) is 3.11 Å². The smallest absolute Gasteiger partial charge is 0.125 e. The van der Waals surface area contributed by atoms with E-state index in [-0.39, 0.29) is 5.41 Å². The first-order chi connectivity index (χ1) is 7.44. The SMILES string of the molecule is CC(C)(C)CC(=NI)N(I)c1ccccc1. The zero-order chi connectivity index (χ0) is 12.2. The Balaban J connectivity index is 2.83. The lowest BCUT2D eigenvalue weighted by Gasteiger charge is -2.24. The fraction of sp³-hybridized carbons (Fsp3) is 0.417. The van der Waals surface area contributed by atoms with E-state index < -0.39 is 0 Å². The summed E-state index contributed by atoms with van der Waals surface area (Å²) in [6.45, 7) is 6.68. The molecule has 0 atom stereocenters. The van der Waals surface area contributed by atoms with Crippen LogP contribution in [-0.4, -0.2) is 5.84 Å². The van der Waals surface area contributed by atoms with Crippen molar-refractivity contribution in [3.05, 3.63) is 30.3 Å². The minimum atomic E-state index is 0.252. The maximum absolute atomic E-state index is 4.35. The van der Waals surface area contributed by atoms with Crippen LogP contribution in [0.4, 0.5) is 5.69 Å². The normalized spacial score (nSPS) is 12.7. The van der Waals surface area contributed by atoms with Gasteiger partial charge in [0.1, 0.15) is 5.84 Å². The van der Waals surface area contributed by atoms with Crippen LogP contribution in [0.2, 0.25) is 0 Å². The Hall–Kier alpha value is 0.150. The van der Waals surface area contributed by atoms with Gasteiger partial charge in [-0.2, -0.15) is 0 Å². The topological polar surface area (TPSA) is 15.6 Å². The average Bonchev–Trinajstić information content (AvgIpc) is 2.25. The molecule has 0 unspecified atom stereocenters. The first kappa shape index (κ1) is 14.2. The van der Waals surface area contributed by atoms with Crippen LogP contribution in [0.5, 0.6) is 0 Å². The summed E-state index contributed by atoms with van der Waals surface area (Å²) in [5.41, 5.74) is 1.42. The van der Waals surface area contributed by atoms with Crippen LogP contribution in [0.1, 0.15) is 27.2 Å². The number of benzene rings is 1. The van der Waals surface area contributed by atoms with E-state index in [4.69, 9.17) is 0 Å². The summed E-state index contributed by atoms with van der Waals surface area (Å²) in [7, 11) is 0. The molecule has 16 heavy (non-hydrogen) atoms. The molecule has 0 aromatic heterocycles. The van der Waals surface area contributed by atoms with Crippen LogP contribution in [0.3, 0.4) is 0 Å². The quantitative estimate of drug-likeness (QED) is 0.272. The Labute approximate surface area is 126 Å². The number of hydrogen-bond donors (Lipinski definition) is 0. The van der Waals surface area contributed by atoms with Gasteiger partial charge in [0.05, 0.1) is 51.4 Å². The summed E-state index contributed by atoms with van der Waals surface area (Å²) in [6, 6.07) is 10.3. The average molecular weight is 442 g/mol. The number of para-hydroxylation sites is 1. The molecule has 0 aliphatic rings. The second-order valence-electron chi connectivity index (χ2n) is 4.85. The van der Waals surface area contributed by atoms with Gasteiger partial charge in [0.25, 0.3) is 0 Å². The second-order valence-corrected chi connectivity index (χ2v) is 6.30. The molecule has 0 heterocycles. The van der Waals surface area contributed by atoms with Crippen LogP contribution in [0, 0.1) is 5.41 Å². The number of halogens is 2. The Bertz CT molecular complexity index is 355. The van der Waals surface area contributed by atoms with E-state index in [2.05, 4.69) is 85.0 Å². The van der Waals surface area contributed by atoms with Crippen LogP contribution in [-0.2, 0) is 0 Å². The van der Waals surface area contributed by atoms with Crippen molar-refractivity contribution in [1.82, 2.24) is 0 Å². The summed E-state index contributed by atoms with van der Waals surface area (Å²) >= 11 is 4.38. The van der Waals surface area contributed by atoms with E-state index in [9.17, 15) is 0 Å². The Morgan fingerprint density at radius 3 is 2.25 bits per heavy atom.